The van der Waals surface area contributed by atoms with E-state index < -0.39 is 0 Å². The third kappa shape index (κ3) is 3.90. The predicted molar refractivity (Wildman–Crippen MR) is 123 cm³/mol. The Balaban J connectivity index is 1.82. The summed E-state index contributed by atoms with van der Waals surface area (Å²) in [5.41, 5.74) is 5.60. The first-order valence-corrected chi connectivity index (χ1v) is 11.1. The van der Waals surface area contributed by atoms with E-state index in [1.165, 1.54) is 4.90 Å². The van der Waals surface area contributed by atoms with Gasteiger partial charge in [-0.2, -0.15) is 0 Å². The molecule has 0 spiro atoms. The average molecular weight is 419 g/mol. The molecule has 1 fully saturated rings. The molecule has 31 heavy (non-hydrogen) atoms. The number of amides is 2. The van der Waals surface area contributed by atoms with Crippen LogP contribution in [-0.4, -0.2) is 41.5 Å². The van der Waals surface area contributed by atoms with Crippen molar-refractivity contribution in [1.82, 2.24) is 4.90 Å². The lowest BCUT2D eigenvalue weighted by molar-refractivity contribution is -0.120. The first-order chi connectivity index (χ1) is 14.9. The van der Waals surface area contributed by atoms with Crippen LogP contribution in [-0.2, 0) is 16.0 Å². The first-order valence-electron chi connectivity index (χ1n) is 11.1. The second-order valence-corrected chi connectivity index (χ2v) is 8.64. The second kappa shape index (κ2) is 8.67. The molecule has 162 valence electrons. The largest absolute Gasteiger partial charge is 0.396 e. The minimum absolute atomic E-state index is 0.0903. The van der Waals surface area contributed by atoms with Gasteiger partial charge >= 0.3 is 0 Å². The van der Waals surface area contributed by atoms with Gasteiger partial charge in [0.05, 0.1) is 11.3 Å². The zero-order valence-electron chi connectivity index (χ0n) is 18.5. The van der Waals surface area contributed by atoms with Crippen molar-refractivity contribution < 1.29 is 14.7 Å². The smallest absolute Gasteiger partial charge is 0.282 e. The third-order valence-corrected chi connectivity index (χ3v) is 6.41. The molecule has 1 unspecified atom stereocenters. The number of imide groups is 1. The standard InChI is InChI=1S/C26H30N2O3/c1-4-19-8-10-21(11-9-19)28-25(30)23(22-12-7-17(2)14-18(22)3)24(26(28)31)27-13-5-6-20(15-27)16-29/h7-12,14,20,29H,4-6,13,15-16H2,1-3H3. The van der Waals surface area contributed by atoms with E-state index in [0.29, 0.717) is 30.0 Å². The van der Waals surface area contributed by atoms with Crippen molar-refractivity contribution in [1.29, 1.82) is 0 Å². The summed E-state index contributed by atoms with van der Waals surface area (Å²) >= 11 is 0. The maximum atomic E-state index is 13.7. The third-order valence-electron chi connectivity index (χ3n) is 6.41. The van der Waals surface area contributed by atoms with Crippen LogP contribution in [0.25, 0.3) is 5.57 Å². The average Bonchev–Trinajstić information content (AvgIpc) is 3.04. The predicted octanol–water partition coefficient (Wildman–Crippen LogP) is 3.85. The Kier molecular flexibility index (Phi) is 5.96. The number of aliphatic hydroxyl groups excluding tert-OH is 1. The van der Waals surface area contributed by atoms with Crippen molar-refractivity contribution >= 4 is 23.1 Å². The number of benzene rings is 2. The zero-order valence-corrected chi connectivity index (χ0v) is 18.5. The molecule has 5 heteroatoms. The fourth-order valence-corrected chi connectivity index (χ4v) is 4.68. The lowest BCUT2D eigenvalue weighted by atomic mass is 9.95. The molecule has 2 aromatic rings. The molecular weight excluding hydrogens is 388 g/mol. The molecule has 0 bridgehead atoms. The van der Waals surface area contributed by atoms with Crippen LogP contribution in [0.3, 0.4) is 0 Å². The van der Waals surface area contributed by atoms with Crippen molar-refractivity contribution in [2.45, 2.75) is 40.0 Å². The van der Waals surface area contributed by atoms with Crippen molar-refractivity contribution in [2.75, 3.05) is 24.6 Å². The number of carbonyl (C=O) groups excluding carboxylic acids is 2. The number of piperidine rings is 1. The number of nitrogens with zero attached hydrogens (tertiary/aromatic N) is 2. The highest BCUT2D eigenvalue weighted by atomic mass is 16.3. The quantitative estimate of drug-likeness (QED) is 0.749. The van der Waals surface area contributed by atoms with Gasteiger partial charge in [0.15, 0.2) is 0 Å². The number of aliphatic hydroxyl groups is 1. The Morgan fingerprint density at radius 3 is 2.42 bits per heavy atom. The van der Waals surface area contributed by atoms with E-state index in [-0.39, 0.29) is 24.3 Å². The number of rotatable bonds is 5. The van der Waals surface area contributed by atoms with Crippen molar-refractivity contribution in [3.8, 4) is 0 Å². The van der Waals surface area contributed by atoms with Gasteiger partial charge in [0.2, 0.25) is 0 Å². The number of carbonyl (C=O) groups is 2. The zero-order chi connectivity index (χ0) is 22.1. The minimum Gasteiger partial charge on any atom is -0.396 e. The van der Waals surface area contributed by atoms with Gasteiger partial charge in [-0.1, -0.05) is 42.8 Å². The molecule has 2 aliphatic rings. The van der Waals surface area contributed by atoms with Crippen LogP contribution in [0.15, 0.2) is 48.2 Å². The van der Waals surface area contributed by atoms with E-state index in [0.717, 1.165) is 41.5 Å². The fourth-order valence-electron chi connectivity index (χ4n) is 4.68. The number of likely N-dealkylation sites (tertiary alicyclic amines) is 1. The number of hydrogen-bond donors (Lipinski definition) is 1. The summed E-state index contributed by atoms with van der Waals surface area (Å²) in [4.78, 5) is 30.7. The molecule has 0 radical (unpaired) electrons. The van der Waals surface area contributed by atoms with Crippen molar-refractivity contribution in [3.63, 3.8) is 0 Å². The maximum absolute atomic E-state index is 13.7. The molecule has 2 aromatic carbocycles. The molecule has 5 nitrogen and oxygen atoms in total. The summed E-state index contributed by atoms with van der Waals surface area (Å²) < 4.78 is 0. The van der Waals surface area contributed by atoms with Crippen LogP contribution >= 0.6 is 0 Å². The molecule has 2 aliphatic heterocycles. The van der Waals surface area contributed by atoms with Crippen LogP contribution < -0.4 is 4.90 Å². The van der Waals surface area contributed by atoms with Crippen molar-refractivity contribution in [3.05, 3.63) is 70.4 Å². The van der Waals surface area contributed by atoms with Crippen LogP contribution in [0, 0.1) is 19.8 Å². The van der Waals surface area contributed by atoms with E-state index in [1.807, 2.05) is 61.2 Å². The van der Waals surface area contributed by atoms with Gasteiger partial charge < -0.3 is 10.0 Å². The molecule has 4 rings (SSSR count). The van der Waals surface area contributed by atoms with Gasteiger partial charge in [-0.3, -0.25) is 9.59 Å². The molecule has 2 heterocycles. The molecular formula is C26H30N2O3. The topological polar surface area (TPSA) is 60.9 Å². The second-order valence-electron chi connectivity index (χ2n) is 8.64. The first kappa shape index (κ1) is 21.3. The lowest BCUT2D eigenvalue weighted by Crippen LogP contribution is -2.40. The highest BCUT2D eigenvalue weighted by Crippen LogP contribution is 2.37. The van der Waals surface area contributed by atoms with Crippen LogP contribution in [0.4, 0.5) is 5.69 Å². The van der Waals surface area contributed by atoms with Gasteiger partial charge in [-0.25, -0.2) is 4.90 Å². The van der Waals surface area contributed by atoms with Gasteiger partial charge in [0.1, 0.15) is 5.70 Å². The highest BCUT2D eigenvalue weighted by Gasteiger charge is 2.43. The Hall–Kier alpha value is -2.92. The van der Waals surface area contributed by atoms with Gasteiger partial charge in [0, 0.05) is 19.7 Å². The van der Waals surface area contributed by atoms with E-state index >= 15 is 0 Å². The molecule has 0 aliphatic carbocycles. The summed E-state index contributed by atoms with van der Waals surface area (Å²) in [6.45, 7) is 7.46. The van der Waals surface area contributed by atoms with Gasteiger partial charge in [-0.05, 0) is 67.9 Å². The molecule has 0 saturated carbocycles. The maximum Gasteiger partial charge on any atom is 0.282 e. The summed E-state index contributed by atoms with van der Waals surface area (Å²) in [7, 11) is 0. The van der Waals surface area contributed by atoms with Crippen LogP contribution in [0.1, 0.15) is 42.0 Å². The van der Waals surface area contributed by atoms with E-state index in [1.54, 1.807) is 0 Å². The normalized spacial score (nSPS) is 19.5. The Bertz CT molecular complexity index is 1040. The molecule has 1 N–H and O–H groups in total. The molecule has 1 saturated heterocycles. The summed E-state index contributed by atoms with van der Waals surface area (Å²) in [5.74, 6) is -0.437. The molecule has 2 amide bonds. The molecule has 1 atom stereocenters. The Morgan fingerprint density at radius 1 is 1.03 bits per heavy atom. The molecule has 0 aromatic heterocycles. The lowest BCUT2D eigenvalue weighted by Gasteiger charge is -2.34. The van der Waals surface area contributed by atoms with E-state index in [4.69, 9.17) is 0 Å². The Morgan fingerprint density at radius 2 is 1.77 bits per heavy atom. The van der Waals surface area contributed by atoms with Gasteiger partial charge in [-0.15, -0.1) is 0 Å². The highest BCUT2D eigenvalue weighted by molar-refractivity contribution is 6.45. The van der Waals surface area contributed by atoms with Crippen molar-refractivity contribution in [2.24, 2.45) is 5.92 Å². The number of anilines is 1. The summed E-state index contributed by atoms with van der Waals surface area (Å²) in [6.07, 6.45) is 2.72. The van der Waals surface area contributed by atoms with E-state index in [2.05, 4.69) is 6.92 Å². The number of aryl methyl sites for hydroxylation is 3. The summed E-state index contributed by atoms with van der Waals surface area (Å²) in [5, 5.41) is 9.70. The monoisotopic (exact) mass is 418 g/mol. The number of hydrogen-bond acceptors (Lipinski definition) is 4. The Labute approximate surface area is 184 Å². The minimum atomic E-state index is -0.276. The van der Waals surface area contributed by atoms with Crippen LogP contribution in [0.2, 0.25) is 0 Å². The van der Waals surface area contributed by atoms with Crippen LogP contribution in [0.5, 0.6) is 0 Å². The van der Waals surface area contributed by atoms with E-state index in [9.17, 15) is 14.7 Å². The van der Waals surface area contributed by atoms with Gasteiger partial charge in [0.25, 0.3) is 11.8 Å². The SMILES string of the molecule is CCc1ccc(N2C(=O)C(c3ccc(C)cc3C)=C(N3CCCC(CO)C3)C2=O)cc1. The fraction of sp³-hybridized carbons (Fsp3) is 0.385. The summed E-state index contributed by atoms with van der Waals surface area (Å²) in [6, 6.07) is 13.6.